The van der Waals surface area contributed by atoms with Gasteiger partial charge in [-0.05, 0) is 43.0 Å². The summed E-state index contributed by atoms with van der Waals surface area (Å²) < 4.78 is 16.3. The molecule has 3 N–H and O–H groups in total. The molecule has 0 aliphatic heterocycles. The summed E-state index contributed by atoms with van der Waals surface area (Å²) in [4.78, 5) is 30.0. The molecule has 2 aromatic heterocycles. The predicted octanol–water partition coefficient (Wildman–Crippen LogP) is 4.01. The first-order chi connectivity index (χ1) is 17.1. The zero-order valence-electron chi connectivity index (χ0n) is 20.9. The van der Waals surface area contributed by atoms with Gasteiger partial charge in [-0.2, -0.15) is 16.7 Å². The van der Waals surface area contributed by atoms with Gasteiger partial charge in [-0.3, -0.25) is 9.59 Å². The van der Waals surface area contributed by atoms with Crippen LogP contribution in [0.15, 0.2) is 38.0 Å². The van der Waals surface area contributed by atoms with E-state index in [1.807, 2.05) is 20.1 Å². The summed E-state index contributed by atoms with van der Waals surface area (Å²) in [5.41, 5.74) is -0.112. The molecular formula is C25H31N3O7S. The number of benzene rings is 1. The van der Waals surface area contributed by atoms with E-state index in [1.165, 1.54) is 25.3 Å². The van der Waals surface area contributed by atoms with Gasteiger partial charge in [0.05, 0.1) is 13.0 Å². The molecule has 194 valence electrons. The van der Waals surface area contributed by atoms with Gasteiger partial charge in [-0.1, -0.05) is 25.1 Å². The van der Waals surface area contributed by atoms with Crippen molar-refractivity contribution in [2.75, 3.05) is 19.1 Å². The van der Waals surface area contributed by atoms with E-state index in [0.717, 1.165) is 5.75 Å². The van der Waals surface area contributed by atoms with Gasteiger partial charge >= 0.3 is 0 Å². The lowest BCUT2D eigenvalue weighted by molar-refractivity contribution is -0.122. The Hall–Kier alpha value is -3.47. The van der Waals surface area contributed by atoms with E-state index in [-0.39, 0.29) is 41.3 Å². The minimum Gasteiger partial charge on any atom is -0.504 e. The third-order valence-electron chi connectivity index (χ3n) is 5.60. The minimum atomic E-state index is -0.845. The number of phenolic OH excluding ortho intramolecular Hbond substituents is 1. The first-order valence-corrected chi connectivity index (χ1v) is 12.9. The molecule has 11 heteroatoms. The third kappa shape index (κ3) is 6.39. The number of aromatic hydroxyl groups is 2. The summed E-state index contributed by atoms with van der Waals surface area (Å²) >= 11 is 1.62. The van der Waals surface area contributed by atoms with E-state index in [4.69, 9.17) is 13.7 Å². The van der Waals surface area contributed by atoms with Crippen molar-refractivity contribution in [3.63, 3.8) is 0 Å². The fourth-order valence-corrected chi connectivity index (χ4v) is 4.16. The third-order valence-corrected chi connectivity index (χ3v) is 6.25. The number of ether oxygens (including phenoxy) is 1. The van der Waals surface area contributed by atoms with Crippen LogP contribution in [0.4, 0.5) is 0 Å². The predicted molar refractivity (Wildman–Crippen MR) is 135 cm³/mol. The number of amides is 1. The first-order valence-electron chi connectivity index (χ1n) is 11.5. The summed E-state index contributed by atoms with van der Waals surface area (Å²) in [6.45, 7) is 5.48. The Morgan fingerprint density at radius 3 is 2.64 bits per heavy atom. The number of carbonyl (C=O) groups is 1. The molecule has 0 saturated carbocycles. The Bertz CT molecular complexity index is 1250. The Morgan fingerprint density at radius 1 is 1.25 bits per heavy atom. The number of methoxy groups -OCH3 is 1. The number of nitrogens with zero attached hydrogens (tertiary/aromatic N) is 2. The smallest absolute Gasteiger partial charge is 0.249 e. The maximum absolute atomic E-state index is 13.3. The molecule has 2 heterocycles. The standard InChI is InChI=1S/C25H31N3O7S/c1-13(2)24-27-25(35-28-24)17(8-9-36-5)26-21(31)12-16(15-6-7-18(29)20(11-15)33-4)23-22(32)19(30)10-14(3)34-23/h6-7,10-11,13,16-17,29,32H,8-9,12H2,1-5H3,(H,26,31)/t16-,17+/m0/s1. The maximum atomic E-state index is 13.3. The number of nitrogens with one attached hydrogen (secondary N) is 1. The van der Waals surface area contributed by atoms with E-state index in [0.29, 0.717) is 23.7 Å². The highest BCUT2D eigenvalue weighted by Crippen LogP contribution is 2.37. The van der Waals surface area contributed by atoms with Gasteiger partial charge in [0.2, 0.25) is 23.0 Å². The van der Waals surface area contributed by atoms with Crippen molar-refractivity contribution >= 4 is 17.7 Å². The quantitative estimate of drug-likeness (QED) is 0.341. The molecule has 0 aliphatic rings. The van der Waals surface area contributed by atoms with Crippen LogP contribution in [0.5, 0.6) is 17.2 Å². The fraction of sp³-hybridized carbons (Fsp3) is 0.440. The molecular weight excluding hydrogens is 486 g/mol. The van der Waals surface area contributed by atoms with Gasteiger partial charge < -0.3 is 29.2 Å². The van der Waals surface area contributed by atoms with Crippen LogP contribution in [0.2, 0.25) is 0 Å². The van der Waals surface area contributed by atoms with Crippen molar-refractivity contribution in [1.82, 2.24) is 15.5 Å². The second kappa shape index (κ2) is 12.0. The largest absolute Gasteiger partial charge is 0.504 e. The summed E-state index contributed by atoms with van der Waals surface area (Å²) in [6, 6.07) is 5.19. The molecule has 0 spiro atoms. The van der Waals surface area contributed by atoms with Crippen LogP contribution in [-0.2, 0) is 4.79 Å². The number of hydrogen-bond acceptors (Lipinski definition) is 10. The van der Waals surface area contributed by atoms with E-state index in [2.05, 4.69) is 15.5 Å². The average Bonchev–Trinajstić information content (AvgIpc) is 3.34. The van der Waals surface area contributed by atoms with Crippen LogP contribution in [0.1, 0.15) is 73.4 Å². The maximum Gasteiger partial charge on any atom is 0.249 e. The van der Waals surface area contributed by atoms with E-state index in [1.54, 1.807) is 24.8 Å². The molecule has 1 aromatic carbocycles. The van der Waals surface area contributed by atoms with Crippen molar-refractivity contribution in [3.05, 3.63) is 63.3 Å². The molecule has 0 bridgehead atoms. The van der Waals surface area contributed by atoms with Gasteiger partial charge in [0.1, 0.15) is 11.8 Å². The van der Waals surface area contributed by atoms with Crippen LogP contribution in [0, 0.1) is 6.92 Å². The van der Waals surface area contributed by atoms with Crippen LogP contribution >= 0.6 is 11.8 Å². The summed E-state index contributed by atoms with van der Waals surface area (Å²) in [5.74, 6) is 0.194. The van der Waals surface area contributed by atoms with Crippen molar-refractivity contribution in [3.8, 4) is 17.2 Å². The van der Waals surface area contributed by atoms with Crippen molar-refractivity contribution in [1.29, 1.82) is 0 Å². The summed E-state index contributed by atoms with van der Waals surface area (Å²) in [7, 11) is 1.40. The Labute approximate surface area is 213 Å². The van der Waals surface area contributed by atoms with Crippen LogP contribution in [-0.4, -0.2) is 45.4 Å². The minimum absolute atomic E-state index is 0.0524. The van der Waals surface area contributed by atoms with Crippen LogP contribution in [0.25, 0.3) is 0 Å². The van der Waals surface area contributed by atoms with E-state index >= 15 is 0 Å². The zero-order valence-corrected chi connectivity index (χ0v) is 21.7. The number of aromatic nitrogens is 2. The van der Waals surface area contributed by atoms with E-state index in [9.17, 15) is 19.8 Å². The lowest BCUT2D eigenvalue weighted by atomic mass is 9.91. The van der Waals surface area contributed by atoms with Crippen LogP contribution < -0.4 is 15.5 Å². The number of aryl methyl sites for hydroxylation is 1. The fourth-order valence-electron chi connectivity index (χ4n) is 3.69. The Balaban J connectivity index is 1.96. The first kappa shape index (κ1) is 27.1. The molecule has 0 unspecified atom stereocenters. The summed E-state index contributed by atoms with van der Waals surface area (Å²) in [5, 5.41) is 27.5. The molecule has 0 saturated heterocycles. The lowest BCUT2D eigenvalue weighted by Gasteiger charge is -2.20. The Kier molecular flexibility index (Phi) is 9.03. The van der Waals surface area contributed by atoms with Crippen LogP contribution in [0.3, 0.4) is 0 Å². The zero-order chi connectivity index (χ0) is 26.4. The molecule has 2 atom stereocenters. The number of rotatable bonds is 11. The van der Waals surface area contributed by atoms with Crippen molar-refractivity contribution in [2.24, 2.45) is 0 Å². The monoisotopic (exact) mass is 517 g/mol. The molecule has 36 heavy (non-hydrogen) atoms. The number of thioether (sulfide) groups is 1. The van der Waals surface area contributed by atoms with E-state index < -0.39 is 23.1 Å². The van der Waals surface area contributed by atoms with Gasteiger partial charge in [0, 0.05) is 18.4 Å². The number of phenols is 1. The Morgan fingerprint density at radius 2 is 2.00 bits per heavy atom. The highest BCUT2D eigenvalue weighted by atomic mass is 32.2. The normalized spacial score (nSPS) is 12.9. The average molecular weight is 518 g/mol. The number of hydrogen-bond donors (Lipinski definition) is 3. The molecule has 1 amide bonds. The van der Waals surface area contributed by atoms with Crippen molar-refractivity contribution in [2.45, 2.75) is 51.5 Å². The van der Waals surface area contributed by atoms with Gasteiger partial charge in [0.25, 0.3) is 0 Å². The number of carbonyl (C=O) groups excluding carboxylic acids is 1. The highest BCUT2D eigenvalue weighted by Gasteiger charge is 2.29. The van der Waals surface area contributed by atoms with Gasteiger partial charge in [-0.15, -0.1) is 0 Å². The molecule has 10 nitrogen and oxygen atoms in total. The molecule has 0 aliphatic carbocycles. The highest BCUT2D eigenvalue weighted by molar-refractivity contribution is 7.98. The molecule has 0 fully saturated rings. The van der Waals surface area contributed by atoms with Gasteiger partial charge in [0.15, 0.2) is 23.1 Å². The molecule has 0 radical (unpaired) electrons. The second-order valence-corrected chi connectivity index (χ2v) is 9.65. The van der Waals surface area contributed by atoms with Crippen molar-refractivity contribution < 1.29 is 28.7 Å². The topological polar surface area (TPSA) is 148 Å². The summed E-state index contributed by atoms with van der Waals surface area (Å²) in [6.07, 6.45) is 2.35. The molecule has 3 rings (SSSR count). The second-order valence-electron chi connectivity index (χ2n) is 8.67. The lowest BCUT2D eigenvalue weighted by Crippen LogP contribution is -2.30. The SMILES string of the molecule is COc1cc([C@H](CC(=O)N[C@H](CCSC)c2nc(C(C)C)no2)c2oc(C)cc(=O)c2O)ccc1O. The van der Waals surface area contributed by atoms with Gasteiger partial charge in [-0.25, -0.2) is 0 Å². The molecule has 3 aromatic rings.